The van der Waals surface area contributed by atoms with Crippen LogP contribution in [0.1, 0.15) is 43.0 Å². The van der Waals surface area contributed by atoms with Gasteiger partial charge in [-0.15, -0.1) is 0 Å². The summed E-state index contributed by atoms with van der Waals surface area (Å²) < 4.78 is 41.9. The van der Waals surface area contributed by atoms with Crippen LogP contribution >= 0.6 is 0 Å². The summed E-state index contributed by atoms with van der Waals surface area (Å²) in [5, 5.41) is 0. The van der Waals surface area contributed by atoms with Crippen molar-refractivity contribution < 1.29 is 12.8 Å². The van der Waals surface area contributed by atoms with E-state index in [4.69, 9.17) is 0 Å². The van der Waals surface area contributed by atoms with Gasteiger partial charge in [-0.25, -0.2) is 12.8 Å². The topological polar surface area (TPSA) is 58.5 Å². The number of nitrogens with one attached hydrogen (secondary N) is 1. The first-order valence-electron chi connectivity index (χ1n) is 10.2. The summed E-state index contributed by atoms with van der Waals surface area (Å²) >= 11 is 0. The Morgan fingerprint density at radius 1 is 0.935 bits per heavy atom. The molecular formula is C25H25FN2O2S. The number of rotatable bonds is 4. The molecule has 0 fully saturated rings. The van der Waals surface area contributed by atoms with Crippen molar-refractivity contribution in [3.8, 4) is 0 Å². The van der Waals surface area contributed by atoms with E-state index in [1.54, 1.807) is 42.5 Å². The number of nitrogens with zero attached hydrogens (tertiary/aromatic N) is 1. The molecule has 1 aliphatic rings. The molecule has 31 heavy (non-hydrogen) atoms. The Balaban J connectivity index is 1.55. The number of hydrogen-bond donors (Lipinski definition) is 1. The summed E-state index contributed by atoms with van der Waals surface area (Å²) in [5.41, 5.74) is 4.89. The van der Waals surface area contributed by atoms with Gasteiger partial charge >= 0.3 is 0 Å². The predicted molar refractivity (Wildman–Crippen MR) is 123 cm³/mol. The van der Waals surface area contributed by atoms with Gasteiger partial charge < -0.3 is 0 Å². The molecule has 4 rings (SSSR count). The molecule has 0 unspecified atom stereocenters. The monoisotopic (exact) mass is 436 g/mol. The van der Waals surface area contributed by atoms with E-state index in [9.17, 15) is 12.8 Å². The highest BCUT2D eigenvalue weighted by Crippen LogP contribution is 2.26. The fourth-order valence-electron chi connectivity index (χ4n) is 3.65. The van der Waals surface area contributed by atoms with E-state index in [1.807, 2.05) is 12.1 Å². The minimum atomic E-state index is -3.70. The molecule has 0 amide bonds. The van der Waals surface area contributed by atoms with Crippen LogP contribution in [-0.4, -0.2) is 20.7 Å². The van der Waals surface area contributed by atoms with Crippen LogP contribution in [-0.2, 0) is 21.9 Å². The summed E-state index contributed by atoms with van der Waals surface area (Å²) in [6, 6.07) is 18.7. The number of fused-ring (bicyclic) bond motifs is 1. The smallest absolute Gasteiger partial charge is 0.261 e. The predicted octanol–water partition coefficient (Wildman–Crippen LogP) is 5.32. The first-order valence-corrected chi connectivity index (χ1v) is 11.7. The second kappa shape index (κ2) is 7.93. The van der Waals surface area contributed by atoms with Gasteiger partial charge in [-0.05, 0) is 59.4 Å². The first-order chi connectivity index (χ1) is 14.6. The summed E-state index contributed by atoms with van der Waals surface area (Å²) in [6.45, 7) is 6.89. The number of hydrogen-bond acceptors (Lipinski definition) is 3. The molecule has 1 heterocycles. The number of halogens is 1. The molecule has 0 spiro atoms. The lowest BCUT2D eigenvalue weighted by Gasteiger charge is -2.19. The van der Waals surface area contributed by atoms with Crippen LogP contribution in [0.3, 0.4) is 0 Å². The fraction of sp³-hybridized carbons (Fsp3) is 0.240. The van der Waals surface area contributed by atoms with Crippen LogP contribution < -0.4 is 4.72 Å². The molecule has 1 N–H and O–H groups in total. The zero-order valence-corrected chi connectivity index (χ0v) is 18.6. The molecule has 160 valence electrons. The SMILES string of the molecule is CC(C)(C)c1ccc(S(=O)(=O)Nc2ccc(C3=NCCc4ccc(F)cc43)cc2)cc1. The number of benzene rings is 3. The Morgan fingerprint density at radius 2 is 1.61 bits per heavy atom. The summed E-state index contributed by atoms with van der Waals surface area (Å²) in [6.07, 6.45) is 0.783. The average Bonchev–Trinajstić information content (AvgIpc) is 2.73. The van der Waals surface area contributed by atoms with Crippen molar-refractivity contribution in [2.24, 2.45) is 4.99 Å². The molecule has 0 saturated carbocycles. The van der Waals surface area contributed by atoms with E-state index in [0.29, 0.717) is 12.2 Å². The van der Waals surface area contributed by atoms with E-state index in [0.717, 1.165) is 34.4 Å². The van der Waals surface area contributed by atoms with E-state index in [2.05, 4.69) is 30.5 Å². The zero-order chi connectivity index (χ0) is 22.2. The Bertz CT molecular complexity index is 1240. The normalized spacial score (nSPS) is 14.0. The van der Waals surface area contributed by atoms with Gasteiger partial charge in [0.1, 0.15) is 5.82 Å². The molecule has 4 nitrogen and oxygen atoms in total. The van der Waals surface area contributed by atoms with Crippen molar-refractivity contribution in [2.75, 3.05) is 11.3 Å². The standard InChI is InChI=1S/C25H25FN2O2S/c1-25(2,3)19-7-12-22(13-8-19)31(29,30)28-21-10-5-18(6-11-21)24-23-16-20(26)9-4-17(23)14-15-27-24/h4-13,16,28H,14-15H2,1-3H3. The summed E-state index contributed by atoms with van der Waals surface area (Å²) in [4.78, 5) is 4.79. The molecule has 0 bridgehead atoms. The van der Waals surface area contributed by atoms with E-state index in [-0.39, 0.29) is 16.1 Å². The molecule has 0 atom stereocenters. The maximum Gasteiger partial charge on any atom is 0.261 e. The van der Waals surface area contributed by atoms with Crippen LogP contribution in [0.15, 0.2) is 76.6 Å². The lowest BCUT2D eigenvalue weighted by atomic mass is 9.87. The second-order valence-corrected chi connectivity index (χ2v) is 10.4. The van der Waals surface area contributed by atoms with E-state index >= 15 is 0 Å². The lowest BCUT2D eigenvalue weighted by Crippen LogP contribution is -2.16. The average molecular weight is 437 g/mol. The van der Waals surface area contributed by atoms with Gasteiger partial charge in [0.15, 0.2) is 0 Å². The van der Waals surface area contributed by atoms with E-state index in [1.165, 1.54) is 12.1 Å². The Hall–Kier alpha value is -2.99. The van der Waals surface area contributed by atoms with Gasteiger partial charge in [-0.1, -0.05) is 51.1 Å². The van der Waals surface area contributed by atoms with Gasteiger partial charge in [-0.3, -0.25) is 9.71 Å². The quantitative estimate of drug-likeness (QED) is 0.602. The fourth-order valence-corrected chi connectivity index (χ4v) is 4.71. The number of aliphatic imine (C=N–C) groups is 1. The maximum absolute atomic E-state index is 13.8. The van der Waals surface area contributed by atoms with Crippen molar-refractivity contribution in [3.05, 3.63) is 94.8 Å². The third-order valence-corrected chi connectivity index (χ3v) is 6.82. The first kappa shape index (κ1) is 21.2. The van der Waals surface area contributed by atoms with Gasteiger partial charge in [0.2, 0.25) is 0 Å². The third kappa shape index (κ3) is 4.54. The largest absolute Gasteiger partial charge is 0.284 e. The minimum absolute atomic E-state index is 0.0467. The van der Waals surface area contributed by atoms with Gasteiger partial charge in [0, 0.05) is 23.4 Å². The van der Waals surface area contributed by atoms with Crippen LogP contribution in [0.4, 0.5) is 10.1 Å². The summed E-state index contributed by atoms with van der Waals surface area (Å²) in [7, 11) is -3.70. The Labute approximate surface area is 182 Å². The molecule has 0 aliphatic carbocycles. The lowest BCUT2D eigenvalue weighted by molar-refractivity contribution is 0.587. The van der Waals surface area contributed by atoms with Crippen molar-refractivity contribution >= 4 is 21.4 Å². The Morgan fingerprint density at radius 3 is 2.26 bits per heavy atom. The van der Waals surface area contributed by atoms with Crippen molar-refractivity contribution in [1.82, 2.24) is 0 Å². The molecule has 0 radical (unpaired) electrons. The van der Waals surface area contributed by atoms with Gasteiger partial charge in [0.05, 0.1) is 10.6 Å². The van der Waals surface area contributed by atoms with Crippen LogP contribution in [0.2, 0.25) is 0 Å². The molecule has 6 heteroatoms. The molecule has 0 aromatic heterocycles. The van der Waals surface area contributed by atoms with Gasteiger partial charge in [-0.2, -0.15) is 0 Å². The number of sulfonamides is 1. The maximum atomic E-state index is 13.8. The molecule has 0 saturated heterocycles. The number of anilines is 1. The summed E-state index contributed by atoms with van der Waals surface area (Å²) in [5.74, 6) is -0.296. The molecular weight excluding hydrogens is 411 g/mol. The van der Waals surface area contributed by atoms with Crippen molar-refractivity contribution in [1.29, 1.82) is 0 Å². The zero-order valence-electron chi connectivity index (χ0n) is 17.8. The van der Waals surface area contributed by atoms with Crippen molar-refractivity contribution in [3.63, 3.8) is 0 Å². The molecule has 3 aromatic carbocycles. The van der Waals surface area contributed by atoms with Crippen molar-refractivity contribution in [2.45, 2.75) is 37.5 Å². The highest BCUT2D eigenvalue weighted by molar-refractivity contribution is 7.92. The van der Waals surface area contributed by atoms with Crippen LogP contribution in [0.5, 0.6) is 0 Å². The van der Waals surface area contributed by atoms with Gasteiger partial charge in [0.25, 0.3) is 10.0 Å². The van der Waals surface area contributed by atoms with Crippen LogP contribution in [0.25, 0.3) is 0 Å². The highest BCUT2D eigenvalue weighted by atomic mass is 32.2. The minimum Gasteiger partial charge on any atom is -0.284 e. The second-order valence-electron chi connectivity index (χ2n) is 8.74. The highest BCUT2D eigenvalue weighted by Gasteiger charge is 2.19. The molecule has 3 aromatic rings. The molecule has 1 aliphatic heterocycles. The van der Waals surface area contributed by atoms with Crippen LogP contribution in [0, 0.1) is 5.82 Å². The third-order valence-electron chi connectivity index (χ3n) is 5.42. The van der Waals surface area contributed by atoms with E-state index < -0.39 is 10.0 Å². The Kier molecular flexibility index (Phi) is 5.43.